The van der Waals surface area contributed by atoms with Gasteiger partial charge in [0.1, 0.15) is 5.82 Å². The highest BCUT2D eigenvalue weighted by molar-refractivity contribution is 6.36. The standard InChI is InChI=1S/C17H20ClFN2O/c1-9-15(18)14-8-12(19)7-13(10(2)20)17(14)21-16(9)11-3-5-22-6-4-11/h7-8,10-11H,3-6,20H2,1-2H3. The maximum atomic E-state index is 13.9. The number of fused-ring (bicyclic) bond motifs is 1. The summed E-state index contributed by atoms with van der Waals surface area (Å²) in [6, 6.07) is 2.60. The van der Waals surface area contributed by atoms with Crippen LogP contribution in [0.1, 0.15) is 48.5 Å². The van der Waals surface area contributed by atoms with Gasteiger partial charge in [-0.15, -0.1) is 0 Å². The summed E-state index contributed by atoms with van der Waals surface area (Å²) in [7, 11) is 0. The predicted molar refractivity (Wildman–Crippen MR) is 86.8 cm³/mol. The van der Waals surface area contributed by atoms with Gasteiger partial charge >= 0.3 is 0 Å². The van der Waals surface area contributed by atoms with Crippen LogP contribution >= 0.6 is 11.6 Å². The molecule has 0 spiro atoms. The largest absolute Gasteiger partial charge is 0.381 e. The minimum atomic E-state index is -0.332. The Hall–Kier alpha value is -1.23. The molecule has 1 aliphatic rings. The molecule has 1 aromatic carbocycles. The highest BCUT2D eigenvalue weighted by Crippen LogP contribution is 2.37. The number of hydrogen-bond donors (Lipinski definition) is 1. The lowest BCUT2D eigenvalue weighted by Gasteiger charge is -2.24. The third-order valence-corrected chi connectivity index (χ3v) is 4.87. The van der Waals surface area contributed by atoms with Crippen molar-refractivity contribution in [3.63, 3.8) is 0 Å². The number of rotatable bonds is 2. The van der Waals surface area contributed by atoms with E-state index in [2.05, 4.69) is 0 Å². The molecule has 2 N–H and O–H groups in total. The summed E-state index contributed by atoms with van der Waals surface area (Å²) >= 11 is 6.52. The van der Waals surface area contributed by atoms with Crippen LogP contribution in [0.2, 0.25) is 5.02 Å². The molecular formula is C17H20ClFN2O. The van der Waals surface area contributed by atoms with Crippen molar-refractivity contribution in [2.45, 2.75) is 38.6 Å². The summed E-state index contributed by atoms with van der Waals surface area (Å²) < 4.78 is 19.3. The van der Waals surface area contributed by atoms with Crippen LogP contribution in [0.15, 0.2) is 12.1 Å². The lowest BCUT2D eigenvalue weighted by atomic mass is 9.91. The molecule has 1 unspecified atom stereocenters. The highest BCUT2D eigenvalue weighted by Gasteiger charge is 2.23. The van der Waals surface area contributed by atoms with E-state index in [4.69, 9.17) is 27.1 Å². The zero-order valence-electron chi connectivity index (χ0n) is 12.8. The quantitative estimate of drug-likeness (QED) is 0.899. The van der Waals surface area contributed by atoms with Gasteiger partial charge < -0.3 is 10.5 Å². The summed E-state index contributed by atoms with van der Waals surface area (Å²) in [6.45, 7) is 5.27. The predicted octanol–water partition coefficient (Wildman–Crippen LogP) is 4.25. The van der Waals surface area contributed by atoms with Crippen molar-refractivity contribution in [3.05, 3.63) is 39.8 Å². The molecule has 1 fully saturated rings. The van der Waals surface area contributed by atoms with Gasteiger partial charge in [0.25, 0.3) is 0 Å². The molecule has 2 aromatic rings. The van der Waals surface area contributed by atoms with Gasteiger partial charge in [-0.25, -0.2) is 4.39 Å². The van der Waals surface area contributed by atoms with Crippen LogP contribution in [-0.4, -0.2) is 18.2 Å². The van der Waals surface area contributed by atoms with E-state index in [1.807, 2.05) is 13.8 Å². The summed E-state index contributed by atoms with van der Waals surface area (Å²) in [4.78, 5) is 4.83. The molecule has 0 amide bonds. The maximum Gasteiger partial charge on any atom is 0.124 e. The molecule has 3 nitrogen and oxygen atoms in total. The van der Waals surface area contributed by atoms with Crippen molar-refractivity contribution in [3.8, 4) is 0 Å². The monoisotopic (exact) mass is 322 g/mol. The Kier molecular flexibility index (Phi) is 4.35. The number of nitrogens with zero attached hydrogens (tertiary/aromatic N) is 1. The third kappa shape index (κ3) is 2.71. The molecular weight excluding hydrogens is 303 g/mol. The van der Waals surface area contributed by atoms with E-state index in [0.29, 0.717) is 27.4 Å². The molecule has 1 atom stereocenters. The summed E-state index contributed by atoms with van der Waals surface area (Å²) in [5, 5.41) is 1.22. The van der Waals surface area contributed by atoms with Crippen molar-refractivity contribution in [1.29, 1.82) is 0 Å². The number of benzene rings is 1. The zero-order chi connectivity index (χ0) is 15.9. The molecule has 118 valence electrons. The van der Waals surface area contributed by atoms with Crippen molar-refractivity contribution >= 4 is 22.5 Å². The van der Waals surface area contributed by atoms with Crippen LogP contribution in [0.5, 0.6) is 0 Å². The minimum Gasteiger partial charge on any atom is -0.381 e. The molecule has 1 aromatic heterocycles. The molecule has 3 rings (SSSR count). The molecule has 0 bridgehead atoms. The number of pyridine rings is 1. The molecule has 5 heteroatoms. The van der Waals surface area contributed by atoms with E-state index >= 15 is 0 Å². The Balaban J connectivity index is 2.24. The van der Waals surface area contributed by atoms with E-state index in [1.54, 1.807) is 0 Å². The Labute approximate surface area is 134 Å². The first-order chi connectivity index (χ1) is 10.5. The maximum absolute atomic E-state index is 13.9. The number of ether oxygens (including phenoxy) is 1. The topological polar surface area (TPSA) is 48.1 Å². The number of nitrogens with two attached hydrogens (primary N) is 1. The van der Waals surface area contributed by atoms with Crippen LogP contribution in [0.3, 0.4) is 0 Å². The van der Waals surface area contributed by atoms with E-state index in [9.17, 15) is 4.39 Å². The fraction of sp³-hybridized carbons (Fsp3) is 0.471. The van der Waals surface area contributed by atoms with Crippen molar-refractivity contribution < 1.29 is 9.13 Å². The second-order valence-corrected chi connectivity index (χ2v) is 6.38. The van der Waals surface area contributed by atoms with Crippen molar-refractivity contribution in [2.24, 2.45) is 5.73 Å². The average molecular weight is 323 g/mol. The average Bonchev–Trinajstić information content (AvgIpc) is 2.51. The second kappa shape index (κ2) is 6.11. The Morgan fingerprint density at radius 1 is 1.36 bits per heavy atom. The molecule has 1 aliphatic heterocycles. The number of aromatic nitrogens is 1. The van der Waals surface area contributed by atoms with E-state index in [-0.39, 0.29) is 11.9 Å². The van der Waals surface area contributed by atoms with Gasteiger partial charge in [-0.1, -0.05) is 11.6 Å². The van der Waals surface area contributed by atoms with Gasteiger partial charge in [0, 0.05) is 36.3 Å². The number of halogens is 2. The minimum absolute atomic E-state index is 0.299. The normalized spacial score (nSPS) is 17.9. The zero-order valence-corrected chi connectivity index (χ0v) is 13.6. The lowest BCUT2D eigenvalue weighted by molar-refractivity contribution is 0.0844. The molecule has 1 saturated heterocycles. The molecule has 0 aliphatic carbocycles. The smallest absolute Gasteiger partial charge is 0.124 e. The van der Waals surface area contributed by atoms with Gasteiger partial charge in [0.15, 0.2) is 0 Å². The van der Waals surface area contributed by atoms with Crippen LogP contribution < -0.4 is 5.73 Å². The Bertz CT molecular complexity index is 712. The fourth-order valence-electron chi connectivity index (χ4n) is 3.15. The van der Waals surface area contributed by atoms with Crippen molar-refractivity contribution in [2.75, 3.05) is 13.2 Å². The lowest BCUT2D eigenvalue weighted by Crippen LogP contribution is -2.17. The van der Waals surface area contributed by atoms with Gasteiger partial charge in [-0.05, 0) is 49.9 Å². The summed E-state index contributed by atoms with van der Waals surface area (Å²) in [5.74, 6) is 0.00310. The number of hydrogen-bond acceptors (Lipinski definition) is 3. The summed E-state index contributed by atoms with van der Waals surface area (Å²) in [6.07, 6.45) is 1.87. The van der Waals surface area contributed by atoms with Gasteiger partial charge in [-0.2, -0.15) is 0 Å². The van der Waals surface area contributed by atoms with Crippen molar-refractivity contribution in [1.82, 2.24) is 4.98 Å². The highest BCUT2D eigenvalue weighted by atomic mass is 35.5. The summed E-state index contributed by atoms with van der Waals surface area (Å²) in [5.41, 5.74) is 9.34. The fourth-order valence-corrected chi connectivity index (χ4v) is 3.39. The van der Waals surface area contributed by atoms with E-state index in [1.165, 1.54) is 12.1 Å². The molecule has 22 heavy (non-hydrogen) atoms. The van der Waals surface area contributed by atoms with E-state index in [0.717, 1.165) is 37.3 Å². The van der Waals surface area contributed by atoms with Crippen LogP contribution in [0.25, 0.3) is 10.9 Å². The second-order valence-electron chi connectivity index (χ2n) is 6.00. The molecule has 0 radical (unpaired) electrons. The van der Waals surface area contributed by atoms with Gasteiger partial charge in [-0.3, -0.25) is 4.98 Å². The van der Waals surface area contributed by atoms with Crippen LogP contribution in [0.4, 0.5) is 4.39 Å². The third-order valence-electron chi connectivity index (χ3n) is 4.38. The van der Waals surface area contributed by atoms with Gasteiger partial charge in [0.2, 0.25) is 0 Å². The Morgan fingerprint density at radius 2 is 2.05 bits per heavy atom. The van der Waals surface area contributed by atoms with Crippen LogP contribution in [0, 0.1) is 12.7 Å². The van der Waals surface area contributed by atoms with Crippen LogP contribution in [-0.2, 0) is 4.74 Å². The molecule has 0 saturated carbocycles. The molecule has 2 heterocycles. The van der Waals surface area contributed by atoms with E-state index < -0.39 is 0 Å². The van der Waals surface area contributed by atoms with Gasteiger partial charge in [0.05, 0.1) is 10.5 Å². The first kappa shape index (κ1) is 15.7. The Morgan fingerprint density at radius 3 is 2.68 bits per heavy atom. The first-order valence-corrected chi connectivity index (χ1v) is 7.99. The SMILES string of the molecule is Cc1c(C2CCOCC2)nc2c(C(C)N)cc(F)cc2c1Cl. The first-order valence-electron chi connectivity index (χ1n) is 7.61.